The Morgan fingerprint density at radius 3 is 1.56 bits per heavy atom. The number of aliphatic carboxylic acids is 6. The lowest BCUT2D eigenvalue weighted by Crippen LogP contribution is -2.52. The van der Waals surface area contributed by atoms with Crippen LogP contribution in [0.1, 0.15) is 63.4 Å². The lowest BCUT2D eigenvalue weighted by atomic mass is 9.81. The summed E-state index contributed by atoms with van der Waals surface area (Å²) in [5.41, 5.74) is 0.869. The summed E-state index contributed by atoms with van der Waals surface area (Å²) in [6.07, 6.45) is 2.62. The van der Waals surface area contributed by atoms with Crippen molar-refractivity contribution in [1.29, 1.82) is 0 Å². The fourth-order valence-electron chi connectivity index (χ4n) is 10.9. The summed E-state index contributed by atoms with van der Waals surface area (Å²) < 4.78 is 0. The molecule has 1 aliphatic heterocycles. The van der Waals surface area contributed by atoms with Crippen molar-refractivity contribution in [1.82, 2.24) is 46.2 Å². The number of hydrogen-bond donors (Lipinski definition) is 11. The predicted octanol–water partition coefficient (Wildman–Crippen LogP) is 1.02. The largest absolute Gasteiger partial charge is 0.481 e. The molecule has 3 aromatic carbocycles. The summed E-state index contributed by atoms with van der Waals surface area (Å²) in [7, 11) is 0. The molecule has 0 aromatic heterocycles. The Labute approximate surface area is 462 Å². The number of carboxylic acids is 6. The average molecular weight is 1120 g/mol. The highest BCUT2D eigenvalue weighted by molar-refractivity contribution is 6.03. The molecule has 5 atom stereocenters. The van der Waals surface area contributed by atoms with Gasteiger partial charge in [-0.25, -0.2) is 14.4 Å². The number of carboxylic acid groups (broad SMARTS) is 6. The molecule has 80 heavy (non-hydrogen) atoms. The molecule has 25 nitrogen and oxygen atoms in total. The van der Waals surface area contributed by atoms with Crippen LogP contribution in [-0.4, -0.2) is 220 Å². The van der Waals surface area contributed by atoms with Crippen LogP contribution in [0.3, 0.4) is 0 Å². The van der Waals surface area contributed by atoms with Gasteiger partial charge in [-0.3, -0.25) is 53.2 Å². The van der Waals surface area contributed by atoms with Gasteiger partial charge in [0.2, 0.25) is 17.7 Å². The van der Waals surface area contributed by atoms with Crippen molar-refractivity contribution in [3.63, 3.8) is 0 Å². The predicted molar refractivity (Wildman–Crippen MR) is 289 cm³/mol. The maximum atomic E-state index is 14.3. The van der Waals surface area contributed by atoms with E-state index in [2.05, 4.69) is 32.7 Å². The smallest absolute Gasteiger partial charge is 0.326 e. The number of urea groups is 1. The third kappa shape index (κ3) is 19.7. The minimum absolute atomic E-state index is 0.0213. The minimum Gasteiger partial charge on any atom is -0.481 e. The second-order valence-corrected chi connectivity index (χ2v) is 21.2. The van der Waals surface area contributed by atoms with Crippen molar-refractivity contribution >= 4 is 81.1 Å². The molecular weight excluding hydrogens is 1040 g/mol. The molecule has 0 spiro atoms. The van der Waals surface area contributed by atoms with Crippen LogP contribution in [0.4, 0.5) is 4.79 Å². The summed E-state index contributed by atoms with van der Waals surface area (Å²) in [4.78, 5) is 131. The number of hydrogen-bond acceptors (Lipinski definition) is 14. The van der Waals surface area contributed by atoms with Crippen molar-refractivity contribution in [2.75, 3.05) is 91.6 Å². The van der Waals surface area contributed by atoms with Crippen LogP contribution in [0.2, 0.25) is 0 Å². The maximum absolute atomic E-state index is 14.3. The van der Waals surface area contributed by atoms with Gasteiger partial charge in [-0.1, -0.05) is 48.5 Å². The van der Waals surface area contributed by atoms with E-state index in [-0.39, 0.29) is 121 Å². The zero-order valence-corrected chi connectivity index (χ0v) is 44.8. The minimum atomic E-state index is -1.43. The summed E-state index contributed by atoms with van der Waals surface area (Å²) in [6, 6.07) is 12.8. The first-order valence-corrected chi connectivity index (χ1v) is 27.3. The highest BCUT2D eigenvalue weighted by atomic mass is 16.4. The van der Waals surface area contributed by atoms with E-state index in [4.69, 9.17) is 5.11 Å². The number of fused-ring (bicyclic) bond motifs is 2. The standard InChI is InChI=1S/C55H75N9O16/c65-45(30-61-18-20-62(31-47(68)69)22-24-64(33-49(72)73)25-23-63(21-19-61)32-48(70)71)57-29-34-12-14-35(15-13-34)51(74)58-44(28-42-39-8-3-1-6-36(39)26-37-7-2-4-9-40(37)42)52(75)56-17-16-38-27-41(38)50(54(78)79)60-55(80)59-43(53(76)77)10-5-11-46(66)67/h1-4,6-9,26,34-35,38,41,43-44,50H,5,10-25,27-33H2,(H,56,75)(H,57,65)(H,58,74)(H,66,67)(H,68,69)(H,70,71)(H,72,73)(H,76,77)(H,78,79)(H2,59,60,80)/t34-,35-,38-,41-,43+,44+,50+/m1/s1. The molecule has 0 radical (unpaired) electrons. The number of amides is 5. The molecule has 3 aromatic rings. The van der Waals surface area contributed by atoms with Gasteiger partial charge in [0, 0.05) is 84.2 Å². The summed E-state index contributed by atoms with van der Waals surface area (Å²) in [5.74, 6) is -9.12. The van der Waals surface area contributed by atoms with E-state index in [0.29, 0.717) is 58.2 Å². The fourth-order valence-corrected chi connectivity index (χ4v) is 10.9. The monoisotopic (exact) mass is 1120 g/mol. The van der Waals surface area contributed by atoms with Gasteiger partial charge in [0.1, 0.15) is 18.1 Å². The van der Waals surface area contributed by atoms with Gasteiger partial charge >= 0.3 is 41.8 Å². The first-order valence-electron chi connectivity index (χ1n) is 27.3. The second-order valence-electron chi connectivity index (χ2n) is 21.2. The van der Waals surface area contributed by atoms with E-state index in [0.717, 1.165) is 27.1 Å². The highest BCUT2D eigenvalue weighted by Gasteiger charge is 2.47. The molecule has 1 saturated heterocycles. The Kier molecular flexibility index (Phi) is 23.3. The van der Waals surface area contributed by atoms with Gasteiger partial charge in [0.25, 0.3) is 0 Å². The van der Waals surface area contributed by atoms with Crippen molar-refractivity contribution < 1.29 is 78.6 Å². The molecular formula is C55H75N9O16. The van der Waals surface area contributed by atoms with E-state index in [9.17, 15) is 73.5 Å². The molecule has 11 N–H and O–H groups in total. The van der Waals surface area contributed by atoms with Crippen LogP contribution in [0.25, 0.3) is 21.5 Å². The number of nitrogens with zero attached hydrogens (tertiary/aromatic N) is 4. The number of nitrogens with one attached hydrogen (secondary N) is 5. The Morgan fingerprint density at radius 2 is 1.07 bits per heavy atom. The lowest BCUT2D eigenvalue weighted by Gasteiger charge is -2.33. The molecule has 3 fully saturated rings. The zero-order chi connectivity index (χ0) is 57.9. The van der Waals surface area contributed by atoms with E-state index >= 15 is 0 Å². The van der Waals surface area contributed by atoms with Gasteiger partial charge < -0.3 is 57.2 Å². The molecule has 25 heteroatoms. The van der Waals surface area contributed by atoms with E-state index < -0.39 is 77.7 Å². The topological polar surface area (TPSA) is 365 Å². The molecule has 2 saturated carbocycles. The fraction of sp³-hybridized carbons (Fsp3) is 0.564. The van der Waals surface area contributed by atoms with Crippen LogP contribution < -0.4 is 26.6 Å². The number of rotatable bonds is 27. The second kappa shape index (κ2) is 30.2. The van der Waals surface area contributed by atoms with E-state index in [1.54, 1.807) is 14.7 Å². The van der Waals surface area contributed by atoms with Crippen molar-refractivity contribution in [3.8, 4) is 0 Å². The van der Waals surface area contributed by atoms with Gasteiger partial charge in [-0.15, -0.1) is 0 Å². The molecule has 3 aliphatic rings. The Balaban J connectivity index is 1.05. The summed E-state index contributed by atoms with van der Waals surface area (Å²) in [5, 5.41) is 74.4. The van der Waals surface area contributed by atoms with Gasteiger partial charge in [-0.2, -0.15) is 0 Å². The van der Waals surface area contributed by atoms with Crippen LogP contribution in [0.5, 0.6) is 0 Å². The normalized spacial score (nSPS) is 20.9. The van der Waals surface area contributed by atoms with Crippen LogP contribution in [0.15, 0.2) is 54.6 Å². The molecule has 2 aliphatic carbocycles. The molecule has 1 heterocycles. The first kappa shape index (κ1) is 61.7. The van der Waals surface area contributed by atoms with Crippen LogP contribution >= 0.6 is 0 Å². The number of carbonyl (C=O) groups excluding carboxylic acids is 4. The SMILES string of the molecule is O=C(O)CCC[C@H](NC(=O)N[C@H](C(=O)O)[C@@H]1C[C@H]1CCNC(=O)[C@H](Cc1c2ccccc2cc2ccccc12)NC(=O)[C@H]1CC[C@H](CNC(=O)CN2CCN(CC(=O)O)CCN(CC(=O)O)CCN(CC(=O)O)CC2)CC1)C(=O)O. The molecule has 436 valence electrons. The van der Waals surface area contributed by atoms with E-state index in [1.165, 1.54) is 0 Å². The molecule has 6 rings (SSSR count). The van der Waals surface area contributed by atoms with Crippen molar-refractivity contribution in [3.05, 3.63) is 60.2 Å². The van der Waals surface area contributed by atoms with Crippen LogP contribution in [-0.2, 0) is 49.6 Å². The average Bonchev–Trinajstić information content (AvgIpc) is 4.24. The molecule has 0 unspecified atom stereocenters. The lowest BCUT2D eigenvalue weighted by molar-refractivity contribution is -0.141. The molecule has 0 bridgehead atoms. The van der Waals surface area contributed by atoms with E-state index in [1.807, 2.05) is 53.4 Å². The number of benzene rings is 3. The van der Waals surface area contributed by atoms with Gasteiger partial charge in [0.05, 0.1) is 26.2 Å². The zero-order valence-electron chi connectivity index (χ0n) is 44.8. The quantitative estimate of drug-likeness (QED) is 0.0475. The Morgan fingerprint density at radius 1 is 0.562 bits per heavy atom. The maximum Gasteiger partial charge on any atom is 0.326 e. The third-order valence-electron chi connectivity index (χ3n) is 15.4. The Hall–Kier alpha value is -7.48. The first-order chi connectivity index (χ1) is 38.2. The van der Waals surface area contributed by atoms with Gasteiger partial charge in [0.15, 0.2) is 0 Å². The van der Waals surface area contributed by atoms with Crippen molar-refractivity contribution in [2.45, 2.75) is 82.3 Å². The van der Waals surface area contributed by atoms with Crippen LogP contribution in [0, 0.1) is 23.7 Å². The summed E-state index contributed by atoms with van der Waals surface area (Å²) >= 11 is 0. The van der Waals surface area contributed by atoms with Crippen molar-refractivity contribution in [2.24, 2.45) is 23.7 Å². The molecule has 5 amide bonds. The number of carbonyl (C=O) groups is 10. The summed E-state index contributed by atoms with van der Waals surface area (Å²) in [6.45, 7) is 1.72. The highest BCUT2D eigenvalue weighted by Crippen LogP contribution is 2.43. The third-order valence-corrected chi connectivity index (χ3v) is 15.4. The van der Waals surface area contributed by atoms with Gasteiger partial charge in [-0.05, 0) is 102 Å². The Bertz CT molecular complexity index is 2620.